The molecular weight excluding hydrogens is 365 g/mol. The molecule has 4 rings (SSSR count). The van der Waals surface area contributed by atoms with Crippen LogP contribution in [0.1, 0.15) is 19.4 Å². The van der Waals surface area contributed by atoms with E-state index in [-0.39, 0.29) is 5.56 Å². The number of hydrogen-bond acceptors (Lipinski definition) is 4. The van der Waals surface area contributed by atoms with E-state index in [0.29, 0.717) is 22.8 Å². The van der Waals surface area contributed by atoms with E-state index in [0.717, 1.165) is 23.5 Å². The average Bonchev–Trinajstić information content (AvgIpc) is 3.16. The number of nitrogens with zero attached hydrogens (tertiary/aromatic N) is 4. The zero-order valence-corrected chi connectivity index (χ0v) is 16.2. The largest absolute Gasteiger partial charge is 0.382 e. The maximum Gasteiger partial charge on any atom is 0.177 e. The van der Waals surface area contributed by atoms with Crippen LogP contribution in [-0.4, -0.2) is 21.1 Å². The van der Waals surface area contributed by atoms with Gasteiger partial charge in [0.25, 0.3) is 0 Å². The van der Waals surface area contributed by atoms with Gasteiger partial charge in [0.2, 0.25) is 0 Å². The number of nitriles is 1. The summed E-state index contributed by atoms with van der Waals surface area (Å²) < 4.78 is 15.9. The zero-order valence-electron chi connectivity index (χ0n) is 16.2. The molecule has 6 heteroatoms. The Bertz CT molecular complexity index is 1210. The highest BCUT2D eigenvalue weighted by Gasteiger charge is 2.15. The van der Waals surface area contributed by atoms with Gasteiger partial charge in [-0.05, 0) is 24.1 Å². The summed E-state index contributed by atoms with van der Waals surface area (Å²) >= 11 is 0. The third kappa shape index (κ3) is 3.67. The third-order valence-electron chi connectivity index (χ3n) is 4.62. The molecule has 0 unspecified atom stereocenters. The molecule has 0 bridgehead atoms. The number of anilines is 1. The number of fused-ring (bicyclic) bond motifs is 1. The van der Waals surface area contributed by atoms with Crippen LogP contribution < -0.4 is 5.32 Å². The molecule has 2 aromatic heterocycles. The molecule has 0 aliphatic heterocycles. The Hall–Kier alpha value is -3.72. The molecule has 0 spiro atoms. The molecule has 0 aliphatic carbocycles. The maximum absolute atomic E-state index is 14.2. The first kappa shape index (κ1) is 18.6. The molecule has 5 nitrogen and oxygen atoms in total. The SMILES string of the molecule is CC(C)CNc1cc(-c2ccccc2)nn2c(-c3ccc(C#N)c(F)c3)cnc12. The molecule has 0 amide bonds. The third-order valence-corrected chi connectivity index (χ3v) is 4.62. The molecule has 0 saturated carbocycles. The van der Waals surface area contributed by atoms with Crippen molar-refractivity contribution in [2.24, 2.45) is 5.92 Å². The van der Waals surface area contributed by atoms with E-state index in [1.54, 1.807) is 16.8 Å². The van der Waals surface area contributed by atoms with E-state index >= 15 is 0 Å². The molecule has 0 radical (unpaired) electrons. The first-order valence-electron chi connectivity index (χ1n) is 9.45. The fourth-order valence-electron chi connectivity index (χ4n) is 3.12. The Balaban J connectivity index is 1.90. The number of rotatable bonds is 5. The summed E-state index contributed by atoms with van der Waals surface area (Å²) in [6.07, 6.45) is 1.68. The lowest BCUT2D eigenvalue weighted by Crippen LogP contribution is -2.10. The summed E-state index contributed by atoms with van der Waals surface area (Å²) in [4.78, 5) is 4.53. The molecule has 0 fully saturated rings. The molecule has 0 aliphatic rings. The minimum absolute atomic E-state index is 0.0137. The summed E-state index contributed by atoms with van der Waals surface area (Å²) in [7, 11) is 0. The molecule has 2 aromatic carbocycles. The van der Waals surface area contributed by atoms with Crippen LogP contribution in [0.15, 0.2) is 60.8 Å². The Kier molecular flexibility index (Phi) is 4.96. The quantitative estimate of drug-likeness (QED) is 0.516. The van der Waals surface area contributed by atoms with Crippen LogP contribution in [0.25, 0.3) is 28.2 Å². The second kappa shape index (κ2) is 7.72. The van der Waals surface area contributed by atoms with Crippen LogP contribution in [0.3, 0.4) is 0 Å². The van der Waals surface area contributed by atoms with Gasteiger partial charge in [-0.25, -0.2) is 13.9 Å². The Labute approximate surface area is 168 Å². The monoisotopic (exact) mass is 385 g/mol. The molecule has 2 heterocycles. The maximum atomic E-state index is 14.2. The van der Waals surface area contributed by atoms with Crippen molar-refractivity contribution in [2.75, 3.05) is 11.9 Å². The van der Waals surface area contributed by atoms with Crippen molar-refractivity contribution in [1.82, 2.24) is 14.6 Å². The van der Waals surface area contributed by atoms with Crippen molar-refractivity contribution in [3.8, 4) is 28.6 Å². The van der Waals surface area contributed by atoms with Crippen LogP contribution in [0.4, 0.5) is 10.1 Å². The molecule has 4 aromatic rings. The van der Waals surface area contributed by atoms with Gasteiger partial charge in [-0.15, -0.1) is 0 Å². The van der Waals surface area contributed by atoms with Gasteiger partial charge in [-0.2, -0.15) is 10.4 Å². The predicted octanol–water partition coefficient (Wildman–Crippen LogP) is 5.14. The second-order valence-electron chi connectivity index (χ2n) is 7.27. The summed E-state index contributed by atoms with van der Waals surface area (Å²) in [6, 6.07) is 18.3. The number of hydrogen-bond donors (Lipinski definition) is 1. The predicted molar refractivity (Wildman–Crippen MR) is 112 cm³/mol. The van der Waals surface area contributed by atoms with Gasteiger partial charge in [-0.3, -0.25) is 0 Å². The molecule has 1 N–H and O–H groups in total. The summed E-state index contributed by atoms with van der Waals surface area (Å²) in [6.45, 7) is 5.07. The fraction of sp³-hybridized carbons (Fsp3) is 0.174. The lowest BCUT2D eigenvalue weighted by Gasteiger charge is -2.13. The molecule has 0 atom stereocenters. The minimum atomic E-state index is -0.558. The van der Waals surface area contributed by atoms with Crippen molar-refractivity contribution in [1.29, 1.82) is 5.26 Å². The highest BCUT2D eigenvalue weighted by molar-refractivity contribution is 5.77. The fourth-order valence-corrected chi connectivity index (χ4v) is 3.12. The van der Waals surface area contributed by atoms with Gasteiger partial charge in [0.05, 0.1) is 28.8 Å². The van der Waals surface area contributed by atoms with E-state index in [4.69, 9.17) is 10.4 Å². The van der Waals surface area contributed by atoms with Gasteiger partial charge in [0.15, 0.2) is 5.65 Å². The number of halogens is 1. The summed E-state index contributed by atoms with van der Waals surface area (Å²) in [5.41, 5.74) is 4.60. The summed E-state index contributed by atoms with van der Waals surface area (Å²) in [5.74, 6) is -0.0947. The highest BCUT2D eigenvalue weighted by Crippen LogP contribution is 2.29. The lowest BCUT2D eigenvalue weighted by atomic mass is 10.1. The van der Waals surface area contributed by atoms with Crippen LogP contribution in [0, 0.1) is 23.1 Å². The van der Waals surface area contributed by atoms with Crippen molar-refractivity contribution < 1.29 is 4.39 Å². The second-order valence-corrected chi connectivity index (χ2v) is 7.27. The number of benzene rings is 2. The van der Waals surface area contributed by atoms with E-state index in [1.807, 2.05) is 42.5 Å². The van der Waals surface area contributed by atoms with Crippen molar-refractivity contribution >= 4 is 11.3 Å². The Morgan fingerprint density at radius 1 is 1.10 bits per heavy atom. The zero-order chi connectivity index (χ0) is 20.4. The Morgan fingerprint density at radius 3 is 2.59 bits per heavy atom. The van der Waals surface area contributed by atoms with E-state index < -0.39 is 5.82 Å². The lowest BCUT2D eigenvalue weighted by molar-refractivity contribution is 0.624. The normalized spacial score (nSPS) is 11.0. The van der Waals surface area contributed by atoms with Gasteiger partial charge >= 0.3 is 0 Å². The Morgan fingerprint density at radius 2 is 1.90 bits per heavy atom. The summed E-state index contributed by atoms with van der Waals surface area (Å²) in [5, 5.41) is 17.2. The van der Waals surface area contributed by atoms with Gasteiger partial charge in [-0.1, -0.05) is 50.2 Å². The van der Waals surface area contributed by atoms with Gasteiger partial charge in [0.1, 0.15) is 11.9 Å². The highest BCUT2D eigenvalue weighted by atomic mass is 19.1. The molecule has 0 saturated heterocycles. The minimum Gasteiger partial charge on any atom is -0.382 e. The van der Waals surface area contributed by atoms with Crippen LogP contribution in [0.2, 0.25) is 0 Å². The smallest absolute Gasteiger partial charge is 0.177 e. The molecule has 29 heavy (non-hydrogen) atoms. The molecular formula is C23H20FN5. The van der Waals surface area contributed by atoms with Crippen LogP contribution >= 0.6 is 0 Å². The average molecular weight is 385 g/mol. The van der Waals surface area contributed by atoms with E-state index in [2.05, 4.69) is 24.1 Å². The van der Waals surface area contributed by atoms with E-state index in [1.165, 1.54) is 12.1 Å². The number of imidazole rings is 1. The number of aromatic nitrogens is 3. The van der Waals surface area contributed by atoms with Crippen molar-refractivity contribution in [3.63, 3.8) is 0 Å². The van der Waals surface area contributed by atoms with Gasteiger partial charge < -0.3 is 5.32 Å². The molecule has 144 valence electrons. The van der Waals surface area contributed by atoms with Crippen molar-refractivity contribution in [3.05, 3.63) is 72.2 Å². The van der Waals surface area contributed by atoms with Crippen molar-refractivity contribution in [2.45, 2.75) is 13.8 Å². The van der Waals surface area contributed by atoms with Gasteiger partial charge in [0, 0.05) is 17.7 Å². The topological polar surface area (TPSA) is 66.0 Å². The first-order chi connectivity index (χ1) is 14.1. The van der Waals surface area contributed by atoms with Crippen LogP contribution in [-0.2, 0) is 0 Å². The standard InChI is InChI=1S/C23H20FN5/c1-15(2)13-26-21-11-20(16-6-4-3-5-7-16)28-29-22(14-27-23(21)29)17-8-9-18(12-25)19(24)10-17/h3-11,14-15,26H,13H2,1-2H3. The first-order valence-corrected chi connectivity index (χ1v) is 9.45. The van der Waals surface area contributed by atoms with E-state index in [9.17, 15) is 4.39 Å². The number of nitrogens with one attached hydrogen (secondary N) is 1. The van der Waals surface area contributed by atoms with Crippen LogP contribution in [0.5, 0.6) is 0 Å².